The van der Waals surface area contributed by atoms with Gasteiger partial charge in [-0.3, -0.25) is 0 Å². The highest BCUT2D eigenvalue weighted by atomic mass is 28.3. The van der Waals surface area contributed by atoms with E-state index >= 15 is 0 Å². The van der Waals surface area contributed by atoms with Gasteiger partial charge in [-0.15, -0.1) is 0 Å². The summed E-state index contributed by atoms with van der Waals surface area (Å²) in [5.41, 5.74) is 1.41. The third-order valence-electron chi connectivity index (χ3n) is 1.75. The smallest absolute Gasteiger partial charge is 0.498 e. The van der Waals surface area contributed by atoms with Crippen molar-refractivity contribution in [2.75, 3.05) is 7.11 Å². The lowest BCUT2D eigenvalue weighted by Gasteiger charge is -2.01. The largest absolute Gasteiger partial charge is 0.527 e. The van der Waals surface area contributed by atoms with E-state index < -0.39 is 8.93 Å². The summed E-state index contributed by atoms with van der Waals surface area (Å²) in [5.74, 6) is 1.49. The molecular weight excluding hydrogens is 348 g/mol. The second-order valence-corrected chi connectivity index (χ2v) is 6.38. The molecule has 1 aromatic carbocycles. The van der Waals surface area contributed by atoms with E-state index in [1.165, 1.54) is 12.7 Å². The van der Waals surface area contributed by atoms with Gasteiger partial charge in [0.1, 0.15) is 0 Å². The van der Waals surface area contributed by atoms with E-state index in [2.05, 4.69) is 63.3 Å². The van der Waals surface area contributed by atoms with Crippen LogP contribution in [0.2, 0.25) is 6.55 Å². The molecule has 0 aromatic heterocycles. The highest BCUT2D eigenvalue weighted by Crippen LogP contribution is 2.11. The average Bonchev–Trinajstić information content (AvgIpc) is 2.30. The molecule has 0 fully saturated rings. The van der Waals surface area contributed by atoms with Gasteiger partial charge in [-0.2, -0.15) is 0 Å². The summed E-state index contributed by atoms with van der Waals surface area (Å²) in [7, 11) is -0.192. The Morgan fingerprint density at radius 1 is 0.704 bits per heavy atom. The molecule has 0 bridgehead atoms. The molecule has 2 nitrogen and oxygen atoms in total. The van der Waals surface area contributed by atoms with Crippen molar-refractivity contribution in [3.63, 3.8) is 0 Å². The molecule has 0 amide bonds. The second kappa shape index (κ2) is 49.8. The van der Waals surface area contributed by atoms with Crippen molar-refractivity contribution in [3.05, 3.63) is 35.9 Å². The summed E-state index contributed by atoms with van der Waals surface area (Å²) >= 11 is 0. The molecule has 27 heavy (non-hydrogen) atoms. The molecule has 0 N–H and O–H groups in total. The Bertz CT molecular complexity index is 294. The Kier molecular flexibility index (Phi) is 133. The minimum absolute atomic E-state index is 0. The van der Waals surface area contributed by atoms with Crippen molar-refractivity contribution in [2.24, 2.45) is 5.92 Å². The third-order valence-corrected chi connectivity index (χ3v) is 2.33. The lowest BCUT2D eigenvalue weighted by Crippen LogP contribution is -1.92. The summed E-state index contributed by atoms with van der Waals surface area (Å²) in [6.07, 6.45) is 0. The van der Waals surface area contributed by atoms with Crippen LogP contribution in [0.25, 0.3) is 0 Å². The fraction of sp³-hybridized carbons (Fsp3) is 0.750. The van der Waals surface area contributed by atoms with Crippen molar-refractivity contribution < 1.29 is 8.89 Å². The van der Waals surface area contributed by atoms with Crippen LogP contribution < -0.4 is 0 Å². The molecule has 0 saturated carbocycles. The van der Waals surface area contributed by atoms with E-state index in [4.69, 9.17) is 0 Å². The van der Waals surface area contributed by atoms with Gasteiger partial charge in [-0.25, -0.2) is 0 Å². The molecule has 0 aliphatic rings. The van der Waals surface area contributed by atoms with Gasteiger partial charge in [0.15, 0.2) is 0 Å². The molecule has 3 heteroatoms. The first kappa shape index (κ1) is 72.2. The number of hydrogen-bond donors (Lipinski definition) is 0. The van der Waals surface area contributed by atoms with Crippen molar-refractivity contribution in [1.29, 1.82) is 0 Å². The fourth-order valence-corrected chi connectivity index (χ4v) is 0.838. The van der Waals surface area contributed by atoms with Crippen molar-refractivity contribution in [3.8, 4) is 0 Å². The predicted octanol–water partition coefficient (Wildman–Crippen LogP) is 10.4. The van der Waals surface area contributed by atoms with Crippen LogP contribution in [0.15, 0.2) is 30.3 Å². The van der Waals surface area contributed by atoms with Crippen LogP contribution in [-0.4, -0.2) is 16.0 Å². The van der Waals surface area contributed by atoms with Crippen LogP contribution in [0.4, 0.5) is 0 Å². The van der Waals surface area contributed by atoms with E-state index in [1.807, 2.05) is 6.07 Å². The van der Waals surface area contributed by atoms with Crippen LogP contribution >= 0.6 is 0 Å². The van der Waals surface area contributed by atoms with Crippen LogP contribution in [0, 0.1) is 5.92 Å². The Morgan fingerprint density at radius 2 is 0.926 bits per heavy atom. The Hall–Kier alpha value is -0.963. The van der Waals surface area contributed by atoms with Gasteiger partial charge in [0.25, 0.3) is 0 Å². The first-order chi connectivity index (χ1) is 8.31. The molecule has 0 unspecified atom stereocenters. The minimum atomic E-state index is -1.62. The second-order valence-electron chi connectivity index (χ2n) is 4.99. The topological polar surface area (TPSA) is 26.3 Å². The zero-order chi connectivity index (χ0) is 14.6. The summed E-state index contributed by atoms with van der Waals surface area (Å²) in [6, 6.07) is 10.5. The quantitative estimate of drug-likeness (QED) is 0.451. The van der Waals surface area contributed by atoms with Crippen LogP contribution in [0.5, 0.6) is 0 Å². The maximum atomic E-state index is 9.78. The Balaban J connectivity index is -0.0000000144. The molecule has 0 atom stereocenters. The summed E-state index contributed by atoms with van der Waals surface area (Å²) < 4.78 is 14.1. The molecule has 0 saturated heterocycles. The molecule has 0 heterocycles. The van der Waals surface area contributed by atoms with E-state index in [0.29, 0.717) is 5.92 Å². The molecule has 176 valence electrons. The SMILES string of the molecule is C.C.C.C.C.C.C.C.C.CC(C)C.CC(C)c1ccccc1.CO[Si](C)=O. The maximum Gasteiger partial charge on any atom is 0.498 e. The molecule has 0 spiro atoms. The highest BCUT2D eigenvalue weighted by molar-refractivity contribution is 6.32. The lowest BCUT2D eigenvalue weighted by atomic mass is 10.0. The van der Waals surface area contributed by atoms with Crippen molar-refractivity contribution >= 4 is 8.93 Å². The van der Waals surface area contributed by atoms with Gasteiger partial charge < -0.3 is 8.89 Å². The Morgan fingerprint density at radius 3 is 1.04 bits per heavy atom. The van der Waals surface area contributed by atoms with Crippen molar-refractivity contribution in [1.82, 2.24) is 0 Å². The van der Waals surface area contributed by atoms with E-state index in [-0.39, 0.29) is 66.8 Å². The maximum absolute atomic E-state index is 9.78. The Labute approximate surface area is 181 Å². The summed E-state index contributed by atoms with van der Waals surface area (Å²) in [5, 5.41) is 0. The van der Waals surface area contributed by atoms with E-state index in [0.717, 1.165) is 5.92 Å². The van der Waals surface area contributed by atoms with Gasteiger partial charge in [0.2, 0.25) is 0 Å². The molecule has 1 aromatic rings. The number of benzene rings is 1. The zero-order valence-electron chi connectivity index (χ0n) is 12.9. The molecule has 1 rings (SSSR count). The van der Waals surface area contributed by atoms with Crippen LogP contribution in [0.3, 0.4) is 0 Å². The molecule has 0 aliphatic heterocycles. The highest BCUT2D eigenvalue weighted by Gasteiger charge is 1.93. The molecule has 0 radical (unpaired) electrons. The van der Waals surface area contributed by atoms with Gasteiger partial charge in [-0.1, -0.05) is 132 Å². The van der Waals surface area contributed by atoms with Gasteiger partial charge in [0, 0.05) is 6.55 Å². The zero-order valence-corrected chi connectivity index (χ0v) is 13.9. The standard InChI is InChI=1S/C9H12.C4H10.C2H6O2Si.9CH4/c1-8(2)9-6-4-3-5-7-9;1-4(2)3;1-4-5(2)3;;;;;;;;;/h3-8H,1-2H3;4H,1-3H3;1-2H3;9*1H4. The normalized spacial score (nSPS) is 5.96. The summed E-state index contributed by atoms with van der Waals surface area (Å²) in [4.78, 5) is 0. The monoisotopic (exact) mass is 412 g/mol. The predicted molar refractivity (Wildman–Crippen MR) is 141 cm³/mol. The van der Waals surface area contributed by atoms with Gasteiger partial charge in [0.05, 0.1) is 7.11 Å². The van der Waals surface area contributed by atoms with Gasteiger partial charge >= 0.3 is 8.93 Å². The van der Waals surface area contributed by atoms with Gasteiger partial charge in [-0.05, 0) is 17.4 Å². The van der Waals surface area contributed by atoms with E-state index in [9.17, 15) is 4.46 Å². The lowest BCUT2D eigenvalue weighted by molar-refractivity contribution is 0.370. The molecular formula is C24H64O2Si. The minimum Gasteiger partial charge on any atom is -0.527 e. The average molecular weight is 413 g/mol. The van der Waals surface area contributed by atoms with Crippen LogP contribution in [-0.2, 0) is 8.89 Å². The molecule has 0 aliphatic carbocycles. The van der Waals surface area contributed by atoms with E-state index in [1.54, 1.807) is 6.55 Å². The first-order valence-corrected chi connectivity index (χ1v) is 8.22. The number of hydrogen-bond acceptors (Lipinski definition) is 2. The van der Waals surface area contributed by atoms with Crippen molar-refractivity contribution in [2.45, 2.75) is 114 Å². The summed E-state index contributed by atoms with van der Waals surface area (Å²) in [6.45, 7) is 12.5. The number of rotatable bonds is 2. The van der Waals surface area contributed by atoms with Crippen LogP contribution in [0.1, 0.15) is 113 Å². The fourth-order valence-electron chi connectivity index (χ4n) is 0.838. The third kappa shape index (κ3) is 78.2. The first-order valence-electron chi connectivity index (χ1n) is 6.40.